The molecule has 1 N–H and O–H groups in total. The number of rotatable bonds is 3. The summed E-state index contributed by atoms with van der Waals surface area (Å²) in [6.07, 6.45) is 0. The fraction of sp³-hybridized carbons (Fsp3) is 0.500. The van der Waals surface area contributed by atoms with Crippen molar-refractivity contribution >= 4 is 10.9 Å². The van der Waals surface area contributed by atoms with E-state index in [0.29, 0.717) is 16.9 Å². The van der Waals surface area contributed by atoms with Crippen LogP contribution in [0.2, 0.25) is 0 Å². The van der Waals surface area contributed by atoms with Gasteiger partial charge in [-0.05, 0) is 35.4 Å². The molecule has 0 radical (unpaired) electrons. The van der Waals surface area contributed by atoms with Crippen molar-refractivity contribution in [1.82, 2.24) is 10.3 Å². The van der Waals surface area contributed by atoms with E-state index in [1.165, 1.54) is 10.9 Å². The first-order chi connectivity index (χ1) is 9.34. The summed E-state index contributed by atoms with van der Waals surface area (Å²) < 4.78 is 0. The second-order valence-electron chi connectivity index (χ2n) is 7.20. The summed E-state index contributed by atoms with van der Waals surface area (Å²) in [6.45, 7) is 12.4. The molecule has 106 valence electrons. The molecule has 1 fully saturated rings. The van der Waals surface area contributed by atoms with Crippen LogP contribution in [0.4, 0.5) is 0 Å². The molecule has 2 aromatic rings. The van der Waals surface area contributed by atoms with Gasteiger partial charge in [0.1, 0.15) is 0 Å². The third-order valence-electron chi connectivity index (χ3n) is 5.45. The summed E-state index contributed by atoms with van der Waals surface area (Å²) in [5, 5.41) is 5.01. The molecular weight excluding hydrogens is 244 g/mol. The van der Waals surface area contributed by atoms with E-state index in [-0.39, 0.29) is 0 Å². The van der Waals surface area contributed by atoms with E-state index in [2.05, 4.69) is 75.3 Å². The molecule has 2 nitrogen and oxygen atoms in total. The molecule has 3 rings (SSSR count). The first-order valence-electron chi connectivity index (χ1n) is 7.43. The van der Waals surface area contributed by atoms with E-state index in [0.717, 1.165) is 17.8 Å². The Hall–Kier alpha value is -1.41. The number of aromatic nitrogens is 1. The van der Waals surface area contributed by atoms with Gasteiger partial charge >= 0.3 is 0 Å². The molecule has 0 spiro atoms. The van der Waals surface area contributed by atoms with Crippen LogP contribution in [0.15, 0.2) is 30.3 Å². The lowest BCUT2D eigenvalue weighted by molar-refractivity contribution is 0.457. The number of pyridine rings is 1. The van der Waals surface area contributed by atoms with Crippen molar-refractivity contribution in [3.63, 3.8) is 0 Å². The lowest BCUT2D eigenvalue weighted by Gasteiger charge is -2.10. The van der Waals surface area contributed by atoms with E-state index in [1.54, 1.807) is 0 Å². The maximum atomic E-state index is 4.61. The van der Waals surface area contributed by atoms with Crippen molar-refractivity contribution in [2.75, 3.05) is 0 Å². The normalized spacial score (nSPS) is 20.2. The van der Waals surface area contributed by atoms with Crippen LogP contribution in [0, 0.1) is 17.8 Å². The zero-order valence-electron chi connectivity index (χ0n) is 13.1. The number of aryl methyl sites for hydroxylation is 1. The average molecular weight is 268 g/mol. The Morgan fingerprint density at radius 2 is 1.75 bits per heavy atom. The molecule has 0 saturated heterocycles. The highest BCUT2D eigenvalue weighted by Gasteiger charge is 2.64. The molecule has 1 aromatic heterocycles. The second kappa shape index (κ2) is 4.29. The molecule has 0 unspecified atom stereocenters. The number of hydrogen-bond donors (Lipinski definition) is 1. The Balaban J connectivity index is 1.86. The summed E-state index contributed by atoms with van der Waals surface area (Å²) in [5.41, 5.74) is 4.30. The Morgan fingerprint density at radius 1 is 1.10 bits per heavy atom. The second-order valence-corrected chi connectivity index (χ2v) is 7.20. The van der Waals surface area contributed by atoms with Gasteiger partial charge in [0.05, 0.1) is 5.52 Å². The number of nitrogens with zero attached hydrogens (tertiary/aromatic N) is 1. The zero-order valence-corrected chi connectivity index (χ0v) is 13.1. The van der Waals surface area contributed by atoms with Gasteiger partial charge in [0.2, 0.25) is 0 Å². The van der Waals surface area contributed by atoms with Crippen molar-refractivity contribution < 1.29 is 0 Å². The van der Waals surface area contributed by atoms with Crippen LogP contribution < -0.4 is 5.32 Å². The molecule has 1 aliphatic carbocycles. The van der Waals surface area contributed by atoms with Gasteiger partial charge in [-0.3, -0.25) is 4.98 Å². The van der Waals surface area contributed by atoms with Crippen LogP contribution >= 0.6 is 0 Å². The summed E-state index contributed by atoms with van der Waals surface area (Å²) in [6, 6.07) is 11.2. The number of para-hydroxylation sites is 1. The maximum Gasteiger partial charge on any atom is 0.0708 e. The predicted octanol–water partition coefficient (Wildman–Crippen LogP) is 4.07. The topological polar surface area (TPSA) is 24.9 Å². The molecular formula is C18H24N2. The van der Waals surface area contributed by atoms with E-state index >= 15 is 0 Å². The fourth-order valence-corrected chi connectivity index (χ4v) is 3.46. The molecule has 1 aliphatic rings. The van der Waals surface area contributed by atoms with Crippen molar-refractivity contribution in [2.45, 2.75) is 47.2 Å². The Morgan fingerprint density at radius 3 is 2.40 bits per heavy atom. The van der Waals surface area contributed by atoms with E-state index < -0.39 is 0 Å². The van der Waals surface area contributed by atoms with Gasteiger partial charge < -0.3 is 5.32 Å². The highest BCUT2D eigenvalue weighted by atomic mass is 15.0. The highest BCUT2D eigenvalue weighted by Crippen LogP contribution is 2.62. The van der Waals surface area contributed by atoms with E-state index in [9.17, 15) is 0 Å². The van der Waals surface area contributed by atoms with Crippen LogP contribution in [0.3, 0.4) is 0 Å². The summed E-state index contributed by atoms with van der Waals surface area (Å²) >= 11 is 0. The first-order valence-corrected chi connectivity index (χ1v) is 7.43. The molecule has 2 heteroatoms. The summed E-state index contributed by atoms with van der Waals surface area (Å²) in [4.78, 5) is 4.61. The van der Waals surface area contributed by atoms with E-state index in [4.69, 9.17) is 0 Å². The lowest BCUT2D eigenvalue weighted by atomic mass is 10.0. The number of benzene rings is 1. The van der Waals surface area contributed by atoms with Crippen LogP contribution in [-0.4, -0.2) is 11.0 Å². The lowest BCUT2D eigenvalue weighted by Crippen LogP contribution is -2.22. The zero-order chi connectivity index (χ0) is 14.5. The number of fused-ring (bicyclic) bond motifs is 1. The van der Waals surface area contributed by atoms with Gasteiger partial charge in [0.25, 0.3) is 0 Å². The SMILES string of the molecule is Cc1cc(CNC2C(C)(C)C2(C)C)c2ccccc2n1. The van der Waals surface area contributed by atoms with Gasteiger partial charge in [-0.25, -0.2) is 0 Å². The quantitative estimate of drug-likeness (QED) is 0.907. The number of nitrogens with one attached hydrogen (secondary N) is 1. The minimum Gasteiger partial charge on any atom is -0.309 e. The predicted molar refractivity (Wildman–Crippen MR) is 84.7 cm³/mol. The highest BCUT2D eigenvalue weighted by molar-refractivity contribution is 5.82. The largest absolute Gasteiger partial charge is 0.309 e. The fourth-order valence-electron chi connectivity index (χ4n) is 3.46. The Bertz CT molecular complexity index is 642. The Labute approximate surface area is 121 Å². The van der Waals surface area contributed by atoms with Gasteiger partial charge in [-0.2, -0.15) is 0 Å². The molecule has 1 saturated carbocycles. The third kappa shape index (κ3) is 1.94. The van der Waals surface area contributed by atoms with Crippen molar-refractivity contribution in [3.05, 3.63) is 41.6 Å². The van der Waals surface area contributed by atoms with Crippen molar-refractivity contribution in [1.29, 1.82) is 0 Å². The van der Waals surface area contributed by atoms with Crippen LogP contribution in [0.25, 0.3) is 10.9 Å². The molecule has 0 amide bonds. The third-order valence-corrected chi connectivity index (χ3v) is 5.45. The molecule has 0 bridgehead atoms. The smallest absolute Gasteiger partial charge is 0.0708 e. The molecule has 0 aliphatic heterocycles. The van der Waals surface area contributed by atoms with Gasteiger partial charge in [0.15, 0.2) is 0 Å². The minimum absolute atomic E-state index is 0.380. The Kier molecular flexibility index (Phi) is 2.91. The molecule has 1 heterocycles. The summed E-state index contributed by atoms with van der Waals surface area (Å²) in [7, 11) is 0. The van der Waals surface area contributed by atoms with E-state index in [1.807, 2.05) is 0 Å². The minimum atomic E-state index is 0.380. The van der Waals surface area contributed by atoms with Crippen LogP contribution in [-0.2, 0) is 6.54 Å². The molecule has 20 heavy (non-hydrogen) atoms. The average Bonchev–Trinajstić information content (AvgIpc) is 2.76. The number of hydrogen-bond acceptors (Lipinski definition) is 2. The molecule has 0 atom stereocenters. The van der Waals surface area contributed by atoms with Gasteiger partial charge in [-0.15, -0.1) is 0 Å². The maximum absolute atomic E-state index is 4.61. The van der Waals surface area contributed by atoms with Gasteiger partial charge in [0, 0.05) is 23.7 Å². The van der Waals surface area contributed by atoms with Crippen LogP contribution in [0.5, 0.6) is 0 Å². The van der Waals surface area contributed by atoms with Crippen molar-refractivity contribution in [2.24, 2.45) is 10.8 Å². The molecule has 1 aromatic carbocycles. The van der Waals surface area contributed by atoms with Gasteiger partial charge in [-0.1, -0.05) is 45.9 Å². The van der Waals surface area contributed by atoms with Crippen LogP contribution in [0.1, 0.15) is 39.0 Å². The summed E-state index contributed by atoms with van der Waals surface area (Å²) in [5.74, 6) is 0. The monoisotopic (exact) mass is 268 g/mol. The standard InChI is InChI=1S/C18H24N2/c1-12-10-13(14-8-6-7-9-15(14)20-12)11-19-16-17(2,3)18(16,4)5/h6-10,16,19H,11H2,1-5H3. The first kappa shape index (κ1) is 13.6. The van der Waals surface area contributed by atoms with Crippen molar-refractivity contribution in [3.8, 4) is 0 Å².